The maximum absolute atomic E-state index is 11.6. The van der Waals surface area contributed by atoms with Gasteiger partial charge in [-0.15, -0.1) is 0 Å². The third kappa shape index (κ3) is 2.45. The van der Waals surface area contributed by atoms with Crippen molar-refractivity contribution in [3.63, 3.8) is 0 Å². The van der Waals surface area contributed by atoms with Crippen molar-refractivity contribution < 1.29 is 9.59 Å². The van der Waals surface area contributed by atoms with Gasteiger partial charge in [0.15, 0.2) is 0 Å². The first-order chi connectivity index (χ1) is 8.76. The summed E-state index contributed by atoms with van der Waals surface area (Å²) in [7, 11) is 1.57. The monoisotopic (exact) mass is 247 g/mol. The van der Waals surface area contributed by atoms with Crippen LogP contribution in [0.3, 0.4) is 0 Å². The molecule has 2 rings (SSSR count). The SMILES string of the molecule is CNC(=O)C(CC1CNc2ccccc21)NC=O. The zero-order valence-corrected chi connectivity index (χ0v) is 10.3. The number of benzene rings is 1. The lowest BCUT2D eigenvalue weighted by Crippen LogP contribution is -2.43. The molecule has 0 saturated carbocycles. The molecule has 2 amide bonds. The fourth-order valence-electron chi connectivity index (χ4n) is 2.36. The smallest absolute Gasteiger partial charge is 0.242 e. The Hall–Kier alpha value is -2.04. The van der Waals surface area contributed by atoms with E-state index in [2.05, 4.69) is 22.0 Å². The van der Waals surface area contributed by atoms with E-state index >= 15 is 0 Å². The maximum Gasteiger partial charge on any atom is 0.242 e. The number of para-hydroxylation sites is 1. The molecule has 0 saturated heterocycles. The van der Waals surface area contributed by atoms with Gasteiger partial charge in [-0.2, -0.15) is 0 Å². The van der Waals surface area contributed by atoms with Gasteiger partial charge in [-0.05, 0) is 18.1 Å². The molecule has 2 atom stereocenters. The van der Waals surface area contributed by atoms with Crippen molar-refractivity contribution in [3.8, 4) is 0 Å². The predicted octanol–water partition coefficient (Wildman–Crippen LogP) is 0.446. The van der Waals surface area contributed by atoms with Crippen molar-refractivity contribution in [2.24, 2.45) is 0 Å². The van der Waals surface area contributed by atoms with Crippen LogP contribution in [0.4, 0.5) is 5.69 Å². The number of amides is 2. The van der Waals surface area contributed by atoms with Gasteiger partial charge in [0.1, 0.15) is 6.04 Å². The van der Waals surface area contributed by atoms with Gasteiger partial charge in [-0.25, -0.2) is 0 Å². The summed E-state index contributed by atoms with van der Waals surface area (Å²) in [5.41, 5.74) is 2.32. The van der Waals surface area contributed by atoms with Crippen molar-refractivity contribution in [1.82, 2.24) is 10.6 Å². The molecule has 1 aromatic carbocycles. The number of nitrogens with one attached hydrogen (secondary N) is 3. The fraction of sp³-hybridized carbons (Fsp3) is 0.385. The molecule has 3 N–H and O–H groups in total. The number of hydrogen-bond donors (Lipinski definition) is 3. The first kappa shape index (κ1) is 12.4. The summed E-state index contributed by atoms with van der Waals surface area (Å²) < 4.78 is 0. The lowest BCUT2D eigenvalue weighted by atomic mass is 9.93. The van der Waals surface area contributed by atoms with E-state index in [-0.39, 0.29) is 11.8 Å². The molecule has 0 radical (unpaired) electrons. The van der Waals surface area contributed by atoms with Crippen LogP contribution in [-0.2, 0) is 9.59 Å². The standard InChI is InChI=1S/C13H17N3O2/c1-14-13(18)12(16-8-17)6-9-7-15-11-5-3-2-4-10(9)11/h2-5,8-9,12,15H,6-7H2,1H3,(H,14,18)(H,16,17). The van der Waals surface area contributed by atoms with Crippen molar-refractivity contribution in [2.45, 2.75) is 18.4 Å². The van der Waals surface area contributed by atoms with Gasteiger partial charge < -0.3 is 16.0 Å². The fourth-order valence-corrected chi connectivity index (χ4v) is 2.36. The Morgan fingerprint density at radius 3 is 3.06 bits per heavy atom. The van der Waals surface area contributed by atoms with E-state index < -0.39 is 6.04 Å². The molecule has 1 aliphatic rings. The van der Waals surface area contributed by atoms with E-state index in [0.29, 0.717) is 12.8 Å². The van der Waals surface area contributed by atoms with Gasteiger partial charge in [-0.1, -0.05) is 18.2 Å². The molecule has 0 aliphatic carbocycles. The largest absolute Gasteiger partial charge is 0.384 e. The Balaban J connectivity index is 2.09. The molecule has 1 aromatic rings. The summed E-state index contributed by atoms with van der Waals surface area (Å²) in [6.45, 7) is 0.799. The quantitative estimate of drug-likeness (QED) is 0.661. The lowest BCUT2D eigenvalue weighted by Gasteiger charge is -2.18. The molecule has 1 aliphatic heterocycles. The molecule has 0 aromatic heterocycles. The van der Waals surface area contributed by atoms with Crippen LogP contribution in [0.15, 0.2) is 24.3 Å². The molecule has 2 unspecified atom stereocenters. The molecule has 0 fully saturated rings. The van der Waals surface area contributed by atoms with Crippen LogP contribution in [-0.4, -0.2) is 32.0 Å². The number of carbonyl (C=O) groups excluding carboxylic acids is 2. The molecule has 0 bridgehead atoms. The summed E-state index contributed by atoms with van der Waals surface area (Å²) in [4.78, 5) is 22.2. The van der Waals surface area contributed by atoms with Crippen molar-refractivity contribution in [2.75, 3.05) is 18.9 Å². The number of hydrogen-bond acceptors (Lipinski definition) is 3. The number of carbonyl (C=O) groups is 2. The minimum absolute atomic E-state index is 0.161. The van der Waals surface area contributed by atoms with E-state index in [4.69, 9.17) is 0 Å². The molecular formula is C13H17N3O2. The second-order valence-electron chi connectivity index (χ2n) is 4.35. The van der Waals surface area contributed by atoms with E-state index in [1.165, 1.54) is 5.56 Å². The minimum Gasteiger partial charge on any atom is -0.384 e. The van der Waals surface area contributed by atoms with E-state index in [9.17, 15) is 9.59 Å². The van der Waals surface area contributed by atoms with Crippen LogP contribution in [0.25, 0.3) is 0 Å². The van der Waals surface area contributed by atoms with Crippen molar-refractivity contribution in [3.05, 3.63) is 29.8 Å². The maximum atomic E-state index is 11.6. The van der Waals surface area contributed by atoms with Crippen LogP contribution in [0.1, 0.15) is 17.9 Å². The van der Waals surface area contributed by atoms with E-state index in [1.54, 1.807) is 7.05 Å². The summed E-state index contributed by atoms with van der Waals surface area (Å²) in [5.74, 6) is 0.0856. The molecule has 5 nitrogen and oxygen atoms in total. The highest BCUT2D eigenvalue weighted by atomic mass is 16.2. The number of fused-ring (bicyclic) bond motifs is 1. The minimum atomic E-state index is -0.481. The van der Waals surface area contributed by atoms with Crippen LogP contribution in [0.5, 0.6) is 0 Å². The zero-order valence-electron chi connectivity index (χ0n) is 10.3. The molecule has 1 heterocycles. The van der Waals surface area contributed by atoms with E-state index in [1.807, 2.05) is 18.2 Å². The molecule has 96 valence electrons. The Morgan fingerprint density at radius 1 is 1.56 bits per heavy atom. The van der Waals surface area contributed by atoms with Crippen LogP contribution < -0.4 is 16.0 Å². The van der Waals surface area contributed by atoms with Crippen molar-refractivity contribution in [1.29, 1.82) is 0 Å². The third-order valence-electron chi connectivity index (χ3n) is 3.29. The Labute approximate surface area is 106 Å². The van der Waals surface area contributed by atoms with Crippen molar-refractivity contribution >= 4 is 18.0 Å². The Kier molecular flexibility index (Phi) is 3.82. The topological polar surface area (TPSA) is 70.2 Å². The number of likely N-dealkylation sites (N-methyl/N-ethyl adjacent to an activating group) is 1. The molecule has 5 heteroatoms. The van der Waals surface area contributed by atoms with Gasteiger partial charge in [0.05, 0.1) is 0 Å². The van der Waals surface area contributed by atoms with Gasteiger partial charge in [-0.3, -0.25) is 9.59 Å². The summed E-state index contributed by atoms with van der Waals surface area (Å²) >= 11 is 0. The lowest BCUT2D eigenvalue weighted by molar-refractivity contribution is -0.125. The molecular weight excluding hydrogens is 230 g/mol. The highest BCUT2D eigenvalue weighted by Gasteiger charge is 2.27. The first-order valence-corrected chi connectivity index (χ1v) is 6.00. The number of anilines is 1. The predicted molar refractivity (Wildman–Crippen MR) is 69.3 cm³/mol. The Bertz CT molecular complexity index is 448. The highest BCUT2D eigenvalue weighted by Crippen LogP contribution is 2.33. The summed E-state index contributed by atoms with van der Waals surface area (Å²) in [6, 6.07) is 7.57. The van der Waals surface area contributed by atoms with Crippen LogP contribution >= 0.6 is 0 Å². The average molecular weight is 247 g/mol. The van der Waals surface area contributed by atoms with Gasteiger partial charge in [0.25, 0.3) is 0 Å². The average Bonchev–Trinajstić information content (AvgIpc) is 2.81. The molecule has 0 spiro atoms. The third-order valence-corrected chi connectivity index (χ3v) is 3.29. The Morgan fingerprint density at radius 2 is 2.33 bits per heavy atom. The van der Waals surface area contributed by atoms with Gasteiger partial charge in [0, 0.05) is 25.2 Å². The van der Waals surface area contributed by atoms with Gasteiger partial charge >= 0.3 is 0 Å². The highest BCUT2D eigenvalue weighted by molar-refractivity contribution is 5.83. The second kappa shape index (κ2) is 5.53. The number of rotatable bonds is 5. The zero-order chi connectivity index (χ0) is 13.0. The molecule has 18 heavy (non-hydrogen) atoms. The normalized spacial score (nSPS) is 18.4. The summed E-state index contributed by atoms with van der Waals surface area (Å²) in [5, 5.41) is 8.44. The van der Waals surface area contributed by atoms with Crippen LogP contribution in [0, 0.1) is 0 Å². The van der Waals surface area contributed by atoms with Gasteiger partial charge in [0.2, 0.25) is 12.3 Å². The van der Waals surface area contributed by atoms with E-state index in [0.717, 1.165) is 12.2 Å². The summed E-state index contributed by atoms with van der Waals surface area (Å²) in [6.07, 6.45) is 1.18. The van der Waals surface area contributed by atoms with Crippen LogP contribution in [0.2, 0.25) is 0 Å². The second-order valence-corrected chi connectivity index (χ2v) is 4.35. The first-order valence-electron chi connectivity index (χ1n) is 6.00.